The zero-order valence-electron chi connectivity index (χ0n) is 18.5. The Balaban J connectivity index is 1.67. The van der Waals surface area contributed by atoms with Crippen LogP contribution in [0.4, 0.5) is 14.9 Å². The number of amides is 1. The van der Waals surface area contributed by atoms with Crippen LogP contribution < -0.4 is 9.64 Å². The van der Waals surface area contributed by atoms with Gasteiger partial charge in [-0.15, -0.1) is 0 Å². The highest BCUT2D eigenvalue weighted by Crippen LogP contribution is 2.35. The third-order valence-corrected chi connectivity index (χ3v) is 5.15. The van der Waals surface area contributed by atoms with Crippen molar-refractivity contribution in [2.45, 2.75) is 45.3 Å². The van der Waals surface area contributed by atoms with Gasteiger partial charge in [0.15, 0.2) is 0 Å². The van der Waals surface area contributed by atoms with E-state index < -0.39 is 11.7 Å². The molecule has 0 spiro atoms. The number of carbonyl (C=O) groups is 1. The van der Waals surface area contributed by atoms with Crippen LogP contribution in [0.5, 0.6) is 5.88 Å². The minimum Gasteiger partial charge on any atom is -0.474 e. The SMILES string of the molecule is CC(C)(C)OC(=O)N1c2cc(Cc3ccc(F)cc3)cnc2OC[C@@H]1Cc1ccccc1. The van der Waals surface area contributed by atoms with Crippen LogP contribution in [0.2, 0.25) is 0 Å². The predicted octanol–water partition coefficient (Wildman–Crippen LogP) is 5.56. The van der Waals surface area contributed by atoms with Gasteiger partial charge >= 0.3 is 6.09 Å². The molecule has 6 heteroatoms. The minimum absolute atomic E-state index is 0.234. The molecule has 0 bridgehead atoms. The van der Waals surface area contributed by atoms with Gasteiger partial charge in [0.05, 0.1) is 6.04 Å². The number of aromatic nitrogens is 1. The molecule has 1 aromatic heterocycles. The number of ether oxygens (including phenoxy) is 2. The molecule has 2 aromatic carbocycles. The molecule has 0 N–H and O–H groups in total. The maximum atomic E-state index is 13.3. The number of benzene rings is 2. The van der Waals surface area contributed by atoms with Crippen LogP contribution in [0.25, 0.3) is 0 Å². The monoisotopic (exact) mass is 434 g/mol. The number of rotatable bonds is 4. The summed E-state index contributed by atoms with van der Waals surface area (Å²) in [5.41, 5.74) is 2.91. The number of hydrogen-bond donors (Lipinski definition) is 0. The lowest BCUT2D eigenvalue weighted by Crippen LogP contribution is -2.50. The lowest BCUT2D eigenvalue weighted by molar-refractivity contribution is 0.0541. The van der Waals surface area contributed by atoms with E-state index in [1.54, 1.807) is 23.2 Å². The lowest BCUT2D eigenvalue weighted by atomic mass is 10.0. The van der Waals surface area contributed by atoms with Gasteiger partial charge < -0.3 is 9.47 Å². The number of fused-ring (bicyclic) bond motifs is 1. The molecule has 1 atom stereocenters. The summed E-state index contributed by atoms with van der Waals surface area (Å²) in [6.07, 6.45) is 2.49. The standard InChI is InChI=1S/C26H27FN2O3/c1-26(2,3)32-25(30)29-22(14-18-7-5-4-6-8-18)17-31-24-23(29)15-20(16-28-24)13-19-9-11-21(27)12-10-19/h4-12,15-16,22H,13-14,17H2,1-3H3/t22-/m0/s1. The molecule has 2 heterocycles. The Bertz CT molecular complexity index is 1080. The highest BCUT2D eigenvalue weighted by atomic mass is 19.1. The van der Waals surface area contributed by atoms with Crippen LogP contribution in [-0.4, -0.2) is 29.3 Å². The van der Waals surface area contributed by atoms with E-state index in [2.05, 4.69) is 4.98 Å². The van der Waals surface area contributed by atoms with E-state index in [0.29, 0.717) is 31.0 Å². The van der Waals surface area contributed by atoms with Crippen molar-refractivity contribution in [2.24, 2.45) is 0 Å². The van der Waals surface area contributed by atoms with Crippen LogP contribution in [-0.2, 0) is 17.6 Å². The van der Waals surface area contributed by atoms with E-state index in [1.807, 2.05) is 57.2 Å². The van der Waals surface area contributed by atoms with Crippen molar-refractivity contribution in [1.82, 2.24) is 4.98 Å². The Kier molecular flexibility index (Phi) is 6.12. The third-order valence-electron chi connectivity index (χ3n) is 5.15. The van der Waals surface area contributed by atoms with E-state index in [4.69, 9.17) is 9.47 Å². The quantitative estimate of drug-likeness (QED) is 0.540. The van der Waals surface area contributed by atoms with Crippen molar-refractivity contribution in [1.29, 1.82) is 0 Å². The second-order valence-corrected chi connectivity index (χ2v) is 8.98. The van der Waals surface area contributed by atoms with Gasteiger partial charge in [0.2, 0.25) is 5.88 Å². The molecule has 166 valence electrons. The van der Waals surface area contributed by atoms with Gasteiger partial charge in [-0.05, 0) is 68.5 Å². The summed E-state index contributed by atoms with van der Waals surface area (Å²) in [6, 6.07) is 18.0. The molecule has 0 fully saturated rings. The number of pyridine rings is 1. The summed E-state index contributed by atoms with van der Waals surface area (Å²) in [5, 5.41) is 0. The summed E-state index contributed by atoms with van der Waals surface area (Å²) < 4.78 is 24.9. The first-order valence-corrected chi connectivity index (χ1v) is 10.7. The van der Waals surface area contributed by atoms with Crippen molar-refractivity contribution >= 4 is 11.8 Å². The van der Waals surface area contributed by atoms with Gasteiger partial charge in [-0.25, -0.2) is 14.2 Å². The zero-order valence-corrected chi connectivity index (χ0v) is 18.5. The fraction of sp³-hybridized carbons (Fsp3) is 0.308. The van der Waals surface area contributed by atoms with Crippen molar-refractivity contribution < 1.29 is 18.7 Å². The highest BCUT2D eigenvalue weighted by Gasteiger charge is 2.36. The summed E-state index contributed by atoms with van der Waals surface area (Å²) >= 11 is 0. The van der Waals surface area contributed by atoms with Gasteiger partial charge in [-0.1, -0.05) is 42.5 Å². The fourth-order valence-electron chi connectivity index (χ4n) is 3.74. The largest absolute Gasteiger partial charge is 0.474 e. The van der Waals surface area contributed by atoms with E-state index in [1.165, 1.54) is 12.1 Å². The van der Waals surface area contributed by atoms with Gasteiger partial charge in [-0.2, -0.15) is 0 Å². The third kappa shape index (κ3) is 5.25. The molecule has 4 rings (SSSR count). The first kappa shape index (κ1) is 21.8. The van der Waals surface area contributed by atoms with Crippen molar-refractivity contribution in [3.63, 3.8) is 0 Å². The Labute approximate surface area is 187 Å². The highest BCUT2D eigenvalue weighted by molar-refractivity contribution is 5.91. The normalized spacial score (nSPS) is 15.6. The molecule has 0 unspecified atom stereocenters. The van der Waals surface area contributed by atoms with E-state index in [-0.39, 0.29) is 11.9 Å². The minimum atomic E-state index is -0.633. The molecule has 32 heavy (non-hydrogen) atoms. The average molecular weight is 435 g/mol. The molecule has 1 aliphatic rings. The van der Waals surface area contributed by atoms with Gasteiger partial charge in [0.25, 0.3) is 0 Å². The van der Waals surface area contributed by atoms with E-state index in [0.717, 1.165) is 16.7 Å². The maximum absolute atomic E-state index is 13.3. The van der Waals surface area contributed by atoms with Crippen LogP contribution in [0.3, 0.4) is 0 Å². The molecule has 3 aromatic rings. The molecule has 0 aliphatic carbocycles. The Morgan fingerprint density at radius 3 is 2.50 bits per heavy atom. The lowest BCUT2D eigenvalue weighted by Gasteiger charge is -2.37. The molecule has 0 radical (unpaired) electrons. The number of anilines is 1. The Hall–Kier alpha value is -3.41. The Morgan fingerprint density at radius 2 is 1.81 bits per heavy atom. The second-order valence-electron chi connectivity index (χ2n) is 8.98. The Morgan fingerprint density at radius 1 is 1.09 bits per heavy atom. The first-order chi connectivity index (χ1) is 15.3. The van der Waals surface area contributed by atoms with Crippen LogP contribution in [0.15, 0.2) is 66.9 Å². The number of nitrogens with zero attached hydrogens (tertiary/aromatic N) is 2. The summed E-state index contributed by atoms with van der Waals surface area (Å²) in [5.74, 6) is 0.133. The fourth-order valence-corrected chi connectivity index (χ4v) is 3.74. The van der Waals surface area contributed by atoms with Crippen molar-refractivity contribution in [3.8, 4) is 5.88 Å². The topological polar surface area (TPSA) is 51.7 Å². The van der Waals surface area contributed by atoms with Gasteiger partial charge in [0.1, 0.15) is 23.7 Å². The molecular weight excluding hydrogens is 407 g/mol. The van der Waals surface area contributed by atoms with Crippen LogP contribution in [0, 0.1) is 5.82 Å². The molecule has 5 nitrogen and oxygen atoms in total. The summed E-state index contributed by atoms with van der Waals surface area (Å²) in [4.78, 5) is 19.4. The maximum Gasteiger partial charge on any atom is 0.415 e. The molecule has 0 saturated heterocycles. The smallest absolute Gasteiger partial charge is 0.415 e. The predicted molar refractivity (Wildman–Crippen MR) is 122 cm³/mol. The molecule has 1 amide bonds. The number of hydrogen-bond acceptors (Lipinski definition) is 4. The second kappa shape index (κ2) is 8.99. The van der Waals surface area contributed by atoms with Crippen molar-refractivity contribution in [2.75, 3.05) is 11.5 Å². The van der Waals surface area contributed by atoms with E-state index >= 15 is 0 Å². The van der Waals surface area contributed by atoms with Crippen molar-refractivity contribution in [3.05, 3.63) is 89.4 Å². The number of carbonyl (C=O) groups excluding carboxylic acids is 1. The zero-order chi connectivity index (χ0) is 22.7. The molecular formula is C26H27FN2O3. The van der Waals surface area contributed by atoms with Crippen LogP contribution in [0.1, 0.15) is 37.5 Å². The van der Waals surface area contributed by atoms with Crippen LogP contribution >= 0.6 is 0 Å². The average Bonchev–Trinajstić information content (AvgIpc) is 2.74. The first-order valence-electron chi connectivity index (χ1n) is 10.7. The van der Waals surface area contributed by atoms with Gasteiger partial charge in [-0.3, -0.25) is 4.90 Å². The van der Waals surface area contributed by atoms with E-state index in [9.17, 15) is 9.18 Å². The molecule has 0 saturated carbocycles. The van der Waals surface area contributed by atoms with Gasteiger partial charge in [0, 0.05) is 6.20 Å². The molecule has 1 aliphatic heterocycles. The summed E-state index contributed by atoms with van der Waals surface area (Å²) in [7, 11) is 0. The summed E-state index contributed by atoms with van der Waals surface area (Å²) in [6.45, 7) is 5.87. The number of halogens is 1.